The Morgan fingerprint density at radius 3 is 2.23 bits per heavy atom. The van der Waals surface area contributed by atoms with E-state index in [4.69, 9.17) is 5.21 Å². The standard InChI is InChI=1S/C7H15NO4S/c1-7(9,13(11,12)8-10)6-4-2-3-5-6/h6,8-10H,2-5H2,1H3. The highest BCUT2D eigenvalue weighted by atomic mass is 32.2. The van der Waals surface area contributed by atoms with Crippen LogP contribution in [0.15, 0.2) is 0 Å². The SMILES string of the molecule is CC(O)(C1CCCC1)S(=O)(=O)NO. The van der Waals surface area contributed by atoms with Crippen molar-refractivity contribution in [2.75, 3.05) is 0 Å². The van der Waals surface area contributed by atoms with Crippen LogP contribution in [0.25, 0.3) is 0 Å². The lowest BCUT2D eigenvalue weighted by atomic mass is 10.0. The monoisotopic (exact) mass is 209 g/mol. The fraction of sp³-hybridized carbons (Fsp3) is 1.00. The zero-order valence-electron chi connectivity index (χ0n) is 7.52. The molecule has 1 rings (SSSR count). The van der Waals surface area contributed by atoms with E-state index in [1.165, 1.54) is 11.8 Å². The molecule has 1 unspecified atom stereocenters. The largest absolute Gasteiger partial charge is 0.373 e. The van der Waals surface area contributed by atoms with Gasteiger partial charge in [-0.3, -0.25) is 0 Å². The Morgan fingerprint density at radius 1 is 1.38 bits per heavy atom. The van der Waals surface area contributed by atoms with Crippen LogP contribution in [-0.2, 0) is 10.0 Å². The van der Waals surface area contributed by atoms with Crippen LogP contribution in [-0.4, -0.2) is 23.7 Å². The molecule has 0 saturated heterocycles. The maximum atomic E-state index is 11.2. The second-order valence-corrected chi connectivity index (χ2v) is 5.65. The third-order valence-corrected chi connectivity index (χ3v) is 4.44. The van der Waals surface area contributed by atoms with Crippen LogP contribution < -0.4 is 4.89 Å². The van der Waals surface area contributed by atoms with Crippen molar-refractivity contribution in [3.63, 3.8) is 0 Å². The summed E-state index contributed by atoms with van der Waals surface area (Å²) in [5.74, 6) is -0.280. The highest BCUT2D eigenvalue weighted by Gasteiger charge is 2.45. The fourth-order valence-electron chi connectivity index (χ4n) is 1.77. The molecule has 5 nitrogen and oxygen atoms in total. The number of aliphatic hydroxyl groups is 1. The first-order chi connectivity index (χ1) is 5.92. The van der Waals surface area contributed by atoms with E-state index >= 15 is 0 Å². The maximum absolute atomic E-state index is 11.2. The van der Waals surface area contributed by atoms with E-state index in [0.29, 0.717) is 12.8 Å². The van der Waals surface area contributed by atoms with E-state index in [9.17, 15) is 13.5 Å². The molecule has 1 saturated carbocycles. The van der Waals surface area contributed by atoms with Crippen LogP contribution >= 0.6 is 0 Å². The van der Waals surface area contributed by atoms with E-state index in [0.717, 1.165) is 12.8 Å². The molecule has 0 aromatic carbocycles. The van der Waals surface area contributed by atoms with Gasteiger partial charge in [-0.05, 0) is 19.8 Å². The first-order valence-electron chi connectivity index (χ1n) is 4.29. The third kappa shape index (κ3) is 1.85. The Kier molecular flexibility index (Phi) is 2.96. The molecule has 0 bridgehead atoms. The van der Waals surface area contributed by atoms with Gasteiger partial charge in [0.05, 0.1) is 0 Å². The average Bonchev–Trinajstić information content (AvgIpc) is 2.56. The summed E-state index contributed by atoms with van der Waals surface area (Å²) in [6.07, 6.45) is 3.24. The van der Waals surface area contributed by atoms with E-state index < -0.39 is 15.0 Å². The number of nitrogens with one attached hydrogen (secondary N) is 1. The van der Waals surface area contributed by atoms with E-state index in [1.54, 1.807) is 0 Å². The molecule has 13 heavy (non-hydrogen) atoms. The Bertz CT molecular complexity index is 266. The summed E-state index contributed by atoms with van der Waals surface area (Å²) in [5, 5.41) is 18.1. The van der Waals surface area contributed by atoms with E-state index in [-0.39, 0.29) is 5.92 Å². The van der Waals surface area contributed by atoms with Gasteiger partial charge in [0, 0.05) is 5.92 Å². The first-order valence-corrected chi connectivity index (χ1v) is 5.78. The molecule has 0 aromatic rings. The number of rotatable bonds is 3. The molecule has 3 N–H and O–H groups in total. The molecule has 0 aliphatic heterocycles. The van der Waals surface area contributed by atoms with Crippen LogP contribution in [0.4, 0.5) is 0 Å². The number of hydrogen-bond acceptors (Lipinski definition) is 4. The van der Waals surface area contributed by atoms with Gasteiger partial charge in [-0.15, -0.1) is 0 Å². The van der Waals surface area contributed by atoms with Gasteiger partial charge in [0.15, 0.2) is 4.93 Å². The van der Waals surface area contributed by atoms with Crippen molar-refractivity contribution in [2.45, 2.75) is 37.5 Å². The summed E-state index contributed by atoms with van der Waals surface area (Å²) in [6, 6.07) is 0. The highest BCUT2D eigenvalue weighted by molar-refractivity contribution is 7.90. The molecule has 1 atom stereocenters. The van der Waals surface area contributed by atoms with Crippen LogP contribution in [0.5, 0.6) is 0 Å². The van der Waals surface area contributed by atoms with Gasteiger partial charge in [-0.25, -0.2) is 8.42 Å². The van der Waals surface area contributed by atoms with E-state index in [1.807, 2.05) is 0 Å². The smallest absolute Gasteiger partial charge is 0.263 e. The molecule has 0 spiro atoms. The Morgan fingerprint density at radius 2 is 1.85 bits per heavy atom. The minimum absolute atomic E-state index is 0.280. The fourth-order valence-corrected chi connectivity index (χ4v) is 2.63. The van der Waals surface area contributed by atoms with Gasteiger partial charge in [-0.1, -0.05) is 17.7 Å². The predicted octanol–water partition coefficient (Wildman–Crippen LogP) is 0.194. The Hall–Kier alpha value is -0.170. The molecular weight excluding hydrogens is 194 g/mol. The van der Waals surface area contributed by atoms with Crippen molar-refractivity contribution in [2.24, 2.45) is 5.92 Å². The van der Waals surface area contributed by atoms with Crippen molar-refractivity contribution >= 4 is 10.0 Å². The minimum Gasteiger partial charge on any atom is -0.373 e. The molecule has 0 amide bonds. The zero-order valence-corrected chi connectivity index (χ0v) is 8.34. The quantitative estimate of drug-likeness (QED) is 0.579. The first kappa shape index (κ1) is 10.9. The van der Waals surface area contributed by atoms with Crippen LogP contribution in [0.2, 0.25) is 0 Å². The summed E-state index contributed by atoms with van der Waals surface area (Å²) in [6.45, 7) is 1.22. The van der Waals surface area contributed by atoms with Crippen LogP contribution in [0, 0.1) is 5.92 Å². The average molecular weight is 209 g/mol. The molecule has 0 heterocycles. The van der Waals surface area contributed by atoms with E-state index in [2.05, 4.69) is 0 Å². The summed E-state index contributed by atoms with van der Waals surface area (Å²) >= 11 is 0. The van der Waals surface area contributed by atoms with Crippen LogP contribution in [0.3, 0.4) is 0 Å². The summed E-state index contributed by atoms with van der Waals surface area (Å²) in [4.78, 5) is -0.682. The summed E-state index contributed by atoms with van der Waals surface area (Å²) in [5.41, 5.74) is 0. The number of sulfonamides is 1. The molecule has 0 radical (unpaired) electrons. The normalized spacial score (nSPS) is 24.5. The number of hydrogen-bond donors (Lipinski definition) is 3. The van der Waals surface area contributed by atoms with Gasteiger partial charge in [0.2, 0.25) is 0 Å². The molecular formula is C7H15NO4S. The molecule has 1 fully saturated rings. The van der Waals surface area contributed by atoms with Crippen LogP contribution in [0.1, 0.15) is 32.6 Å². The van der Waals surface area contributed by atoms with Crippen molar-refractivity contribution in [3.8, 4) is 0 Å². The van der Waals surface area contributed by atoms with Crippen molar-refractivity contribution < 1.29 is 18.7 Å². The topological polar surface area (TPSA) is 86.6 Å². The Balaban J connectivity index is 2.86. The van der Waals surface area contributed by atoms with Gasteiger partial charge in [0.25, 0.3) is 10.0 Å². The van der Waals surface area contributed by atoms with Gasteiger partial charge >= 0.3 is 0 Å². The van der Waals surface area contributed by atoms with Gasteiger partial charge in [-0.2, -0.15) is 0 Å². The highest BCUT2D eigenvalue weighted by Crippen LogP contribution is 2.36. The Labute approximate surface area is 77.8 Å². The lowest BCUT2D eigenvalue weighted by Crippen LogP contribution is -2.47. The second-order valence-electron chi connectivity index (χ2n) is 3.63. The maximum Gasteiger partial charge on any atom is 0.263 e. The predicted molar refractivity (Wildman–Crippen MR) is 46.4 cm³/mol. The van der Waals surface area contributed by atoms with Crippen molar-refractivity contribution in [1.82, 2.24) is 4.89 Å². The molecule has 1 aliphatic carbocycles. The lowest BCUT2D eigenvalue weighted by molar-refractivity contribution is 0.0724. The molecule has 1 aliphatic rings. The van der Waals surface area contributed by atoms with Gasteiger partial charge < -0.3 is 10.3 Å². The van der Waals surface area contributed by atoms with Gasteiger partial charge in [0.1, 0.15) is 0 Å². The lowest BCUT2D eigenvalue weighted by Gasteiger charge is -2.28. The summed E-state index contributed by atoms with van der Waals surface area (Å²) < 4.78 is 22.4. The zero-order chi connectivity index (χ0) is 10.1. The second kappa shape index (κ2) is 3.53. The molecule has 6 heteroatoms. The minimum atomic E-state index is -4.02. The van der Waals surface area contributed by atoms with Crippen molar-refractivity contribution in [1.29, 1.82) is 0 Å². The third-order valence-electron chi connectivity index (χ3n) is 2.78. The van der Waals surface area contributed by atoms with Crippen molar-refractivity contribution in [3.05, 3.63) is 0 Å². The molecule has 0 aromatic heterocycles. The molecule has 78 valence electrons. The summed E-state index contributed by atoms with van der Waals surface area (Å²) in [7, 11) is -4.02.